The van der Waals surface area contributed by atoms with Gasteiger partial charge in [-0.05, 0) is 29.8 Å². The molecule has 0 aromatic heterocycles. The number of para-hydroxylation sites is 1. The zero-order valence-electron chi connectivity index (χ0n) is 16.2. The number of nitrogens with zero attached hydrogens (tertiary/aromatic N) is 2. The smallest absolute Gasteiger partial charge is 0.253 e. The van der Waals surface area contributed by atoms with E-state index in [0.717, 1.165) is 24.3 Å². The van der Waals surface area contributed by atoms with E-state index < -0.39 is 5.91 Å². The number of benzene rings is 2. The molecule has 2 aromatic carbocycles. The van der Waals surface area contributed by atoms with Crippen molar-refractivity contribution in [3.8, 4) is 0 Å². The molecule has 2 amide bonds. The van der Waals surface area contributed by atoms with Gasteiger partial charge in [0.05, 0.1) is 30.3 Å². The quantitative estimate of drug-likeness (QED) is 0.756. The van der Waals surface area contributed by atoms with Gasteiger partial charge >= 0.3 is 0 Å². The maximum absolute atomic E-state index is 12.5. The Morgan fingerprint density at radius 3 is 2.59 bits per heavy atom. The van der Waals surface area contributed by atoms with Crippen molar-refractivity contribution in [3.05, 3.63) is 63.6 Å². The van der Waals surface area contributed by atoms with E-state index in [-0.39, 0.29) is 23.0 Å². The summed E-state index contributed by atoms with van der Waals surface area (Å²) in [5, 5.41) is 3.31. The van der Waals surface area contributed by atoms with Crippen LogP contribution in [0.1, 0.15) is 15.9 Å². The SMILES string of the molecule is CN(Cc1ccccc1N1CCOCC1)C(=O)CNC(=O)c1ccc(Cl)cc1Cl. The van der Waals surface area contributed by atoms with Crippen LogP contribution in [0, 0.1) is 0 Å². The van der Waals surface area contributed by atoms with Gasteiger partial charge in [-0.3, -0.25) is 9.59 Å². The maximum atomic E-state index is 12.5. The molecule has 2 aromatic rings. The Kier molecular flexibility index (Phi) is 7.36. The minimum Gasteiger partial charge on any atom is -0.378 e. The average Bonchev–Trinajstić information content (AvgIpc) is 2.72. The van der Waals surface area contributed by atoms with Crippen LogP contribution in [0.4, 0.5) is 5.69 Å². The van der Waals surface area contributed by atoms with Crippen molar-refractivity contribution < 1.29 is 14.3 Å². The molecule has 29 heavy (non-hydrogen) atoms. The molecule has 1 N–H and O–H groups in total. The summed E-state index contributed by atoms with van der Waals surface area (Å²) in [6.07, 6.45) is 0. The summed E-state index contributed by atoms with van der Waals surface area (Å²) in [6, 6.07) is 12.6. The van der Waals surface area contributed by atoms with Crippen molar-refractivity contribution in [2.75, 3.05) is 44.8 Å². The number of hydrogen-bond donors (Lipinski definition) is 1. The second-order valence-corrected chi connectivity index (χ2v) is 7.63. The van der Waals surface area contributed by atoms with E-state index in [2.05, 4.69) is 16.3 Å². The molecule has 0 atom stereocenters. The molecular weight excluding hydrogens is 413 g/mol. The lowest BCUT2D eigenvalue weighted by molar-refractivity contribution is -0.129. The summed E-state index contributed by atoms with van der Waals surface area (Å²) >= 11 is 11.9. The maximum Gasteiger partial charge on any atom is 0.253 e. The average molecular weight is 436 g/mol. The number of halogens is 2. The molecule has 6 nitrogen and oxygen atoms in total. The van der Waals surface area contributed by atoms with Crippen molar-refractivity contribution >= 4 is 40.7 Å². The predicted molar refractivity (Wildman–Crippen MR) is 115 cm³/mol. The van der Waals surface area contributed by atoms with Crippen molar-refractivity contribution in [3.63, 3.8) is 0 Å². The molecule has 1 fully saturated rings. The highest BCUT2D eigenvalue weighted by atomic mass is 35.5. The molecule has 0 bridgehead atoms. The molecule has 154 valence electrons. The van der Waals surface area contributed by atoms with Gasteiger partial charge in [-0.25, -0.2) is 0 Å². The fourth-order valence-corrected chi connectivity index (χ4v) is 3.65. The number of nitrogens with one attached hydrogen (secondary N) is 1. The van der Waals surface area contributed by atoms with Gasteiger partial charge in [-0.2, -0.15) is 0 Å². The summed E-state index contributed by atoms with van der Waals surface area (Å²) in [4.78, 5) is 28.7. The molecule has 0 saturated carbocycles. The second kappa shape index (κ2) is 9.96. The fourth-order valence-electron chi connectivity index (χ4n) is 3.16. The lowest BCUT2D eigenvalue weighted by Gasteiger charge is -2.31. The third kappa shape index (κ3) is 5.63. The van der Waals surface area contributed by atoms with Gasteiger partial charge in [0.1, 0.15) is 0 Å². The number of ether oxygens (including phenoxy) is 1. The summed E-state index contributed by atoms with van der Waals surface area (Å²) < 4.78 is 5.42. The molecule has 0 spiro atoms. The summed E-state index contributed by atoms with van der Waals surface area (Å²) in [7, 11) is 1.72. The first kappa shape index (κ1) is 21.4. The van der Waals surface area contributed by atoms with E-state index in [1.165, 1.54) is 12.1 Å². The Hall–Kier alpha value is -2.28. The fraction of sp³-hybridized carbons (Fsp3) is 0.333. The molecule has 3 rings (SSSR count). The van der Waals surface area contributed by atoms with Crippen molar-refractivity contribution in [1.82, 2.24) is 10.2 Å². The Balaban J connectivity index is 1.59. The van der Waals surface area contributed by atoms with Crippen LogP contribution in [-0.4, -0.2) is 56.6 Å². The van der Waals surface area contributed by atoms with E-state index in [1.54, 1.807) is 18.0 Å². The highest BCUT2D eigenvalue weighted by molar-refractivity contribution is 6.36. The first-order valence-corrected chi connectivity index (χ1v) is 10.1. The van der Waals surface area contributed by atoms with Crippen LogP contribution < -0.4 is 10.2 Å². The highest BCUT2D eigenvalue weighted by Crippen LogP contribution is 2.23. The van der Waals surface area contributed by atoms with E-state index >= 15 is 0 Å². The Morgan fingerprint density at radius 1 is 1.14 bits per heavy atom. The van der Waals surface area contributed by atoms with Gasteiger partial charge < -0.3 is 19.9 Å². The zero-order chi connectivity index (χ0) is 20.8. The summed E-state index contributed by atoms with van der Waals surface area (Å²) in [5.74, 6) is -0.609. The minimum atomic E-state index is -0.415. The topological polar surface area (TPSA) is 61.9 Å². The highest BCUT2D eigenvalue weighted by Gasteiger charge is 2.18. The van der Waals surface area contributed by atoms with Gasteiger partial charge in [0.2, 0.25) is 5.91 Å². The van der Waals surface area contributed by atoms with E-state index in [4.69, 9.17) is 27.9 Å². The number of carbonyl (C=O) groups excluding carboxylic acids is 2. The first-order valence-electron chi connectivity index (χ1n) is 9.33. The Bertz CT molecular complexity index is 885. The van der Waals surface area contributed by atoms with Gasteiger partial charge in [0, 0.05) is 37.4 Å². The number of hydrogen-bond acceptors (Lipinski definition) is 4. The van der Waals surface area contributed by atoms with Crippen LogP contribution in [0.15, 0.2) is 42.5 Å². The lowest BCUT2D eigenvalue weighted by Crippen LogP contribution is -2.39. The van der Waals surface area contributed by atoms with Crippen molar-refractivity contribution in [2.24, 2.45) is 0 Å². The standard InChI is InChI=1S/C21H23Cl2N3O3/c1-25(14-15-4-2-3-5-19(15)26-8-10-29-11-9-26)20(27)13-24-21(28)17-7-6-16(22)12-18(17)23/h2-7,12H,8-11,13-14H2,1H3,(H,24,28). The number of likely N-dealkylation sites (N-methyl/N-ethyl adjacent to an activating group) is 1. The summed E-state index contributed by atoms with van der Waals surface area (Å²) in [5.41, 5.74) is 2.44. The molecule has 1 heterocycles. The number of carbonyl (C=O) groups is 2. The number of anilines is 1. The first-order chi connectivity index (χ1) is 14.0. The van der Waals surface area contributed by atoms with Crippen LogP contribution in [0.3, 0.4) is 0 Å². The summed E-state index contributed by atoms with van der Waals surface area (Å²) in [6.45, 7) is 3.38. The molecule has 0 aliphatic carbocycles. The van der Waals surface area contributed by atoms with Gasteiger partial charge in [-0.1, -0.05) is 41.4 Å². The van der Waals surface area contributed by atoms with E-state index in [1.807, 2.05) is 18.2 Å². The van der Waals surface area contributed by atoms with Crippen molar-refractivity contribution in [2.45, 2.75) is 6.54 Å². The third-order valence-electron chi connectivity index (χ3n) is 4.75. The molecular formula is C21H23Cl2N3O3. The third-order valence-corrected chi connectivity index (χ3v) is 5.30. The van der Waals surface area contributed by atoms with Crippen LogP contribution in [0.2, 0.25) is 10.0 Å². The monoisotopic (exact) mass is 435 g/mol. The zero-order valence-corrected chi connectivity index (χ0v) is 17.7. The molecule has 1 aliphatic rings. The number of rotatable bonds is 6. The lowest BCUT2D eigenvalue weighted by atomic mass is 10.1. The van der Waals surface area contributed by atoms with Gasteiger partial charge in [0.15, 0.2) is 0 Å². The van der Waals surface area contributed by atoms with Gasteiger partial charge in [0.25, 0.3) is 5.91 Å². The Morgan fingerprint density at radius 2 is 1.86 bits per heavy atom. The van der Waals surface area contributed by atoms with Crippen molar-refractivity contribution in [1.29, 1.82) is 0 Å². The molecule has 0 radical (unpaired) electrons. The molecule has 8 heteroatoms. The van der Waals surface area contributed by atoms with E-state index in [0.29, 0.717) is 24.8 Å². The predicted octanol–water partition coefficient (Wildman–Crippen LogP) is 3.22. The normalized spacial score (nSPS) is 13.8. The van der Waals surface area contributed by atoms with Crippen LogP contribution in [0.5, 0.6) is 0 Å². The Labute approximate surface area is 180 Å². The van der Waals surface area contributed by atoms with E-state index in [9.17, 15) is 9.59 Å². The largest absolute Gasteiger partial charge is 0.378 e. The molecule has 0 unspecified atom stereocenters. The number of amides is 2. The molecule has 1 saturated heterocycles. The minimum absolute atomic E-state index is 0.117. The van der Waals surface area contributed by atoms with Crippen LogP contribution >= 0.6 is 23.2 Å². The molecule has 1 aliphatic heterocycles. The van der Waals surface area contributed by atoms with Gasteiger partial charge in [-0.15, -0.1) is 0 Å². The van der Waals surface area contributed by atoms with Crippen LogP contribution in [0.25, 0.3) is 0 Å². The number of morpholine rings is 1. The van der Waals surface area contributed by atoms with Crippen LogP contribution in [-0.2, 0) is 16.1 Å². The second-order valence-electron chi connectivity index (χ2n) is 6.78.